The SMILES string of the molecule is O=CC[C@@H](c1ccc(F)cc1)c1ccc(C(F)(F)F)cc1. The number of alkyl halides is 3. The zero-order valence-electron chi connectivity index (χ0n) is 10.9. The monoisotopic (exact) mass is 296 g/mol. The van der Waals surface area contributed by atoms with E-state index in [4.69, 9.17) is 0 Å². The fraction of sp³-hybridized carbons (Fsp3) is 0.188. The molecular formula is C16H12F4O. The number of benzene rings is 2. The van der Waals surface area contributed by atoms with E-state index in [9.17, 15) is 22.4 Å². The first-order chi connectivity index (χ1) is 9.91. The second-order valence-corrected chi connectivity index (χ2v) is 4.63. The van der Waals surface area contributed by atoms with Gasteiger partial charge < -0.3 is 4.79 Å². The summed E-state index contributed by atoms with van der Waals surface area (Å²) in [5, 5.41) is 0. The Morgan fingerprint density at radius 1 is 0.905 bits per heavy atom. The van der Waals surface area contributed by atoms with Crippen LogP contribution in [0.3, 0.4) is 0 Å². The molecule has 0 saturated heterocycles. The van der Waals surface area contributed by atoms with Crippen molar-refractivity contribution < 1.29 is 22.4 Å². The van der Waals surface area contributed by atoms with Crippen molar-refractivity contribution in [2.45, 2.75) is 18.5 Å². The Morgan fingerprint density at radius 2 is 1.38 bits per heavy atom. The molecule has 0 amide bonds. The minimum absolute atomic E-state index is 0.122. The van der Waals surface area contributed by atoms with E-state index < -0.39 is 17.6 Å². The van der Waals surface area contributed by atoms with Crippen LogP contribution in [0.15, 0.2) is 48.5 Å². The van der Waals surface area contributed by atoms with E-state index in [1.807, 2.05) is 0 Å². The molecule has 0 spiro atoms. The first-order valence-corrected chi connectivity index (χ1v) is 6.28. The zero-order valence-corrected chi connectivity index (χ0v) is 10.9. The van der Waals surface area contributed by atoms with Crippen LogP contribution in [-0.4, -0.2) is 6.29 Å². The first-order valence-electron chi connectivity index (χ1n) is 6.28. The molecule has 0 heterocycles. The topological polar surface area (TPSA) is 17.1 Å². The predicted molar refractivity (Wildman–Crippen MR) is 70.4 cm³/mol. The molecule has 1 nitrogen and oxygen atoms in total. The summed E-state index contributed by atoms with van der Waals surface area (Å²) in [6, 6.07) is 10.2. The number of rotatable bonds is 4. The van der Waals surface area contributed by atoms with Crippen LogP contribution >= 0.6 is 0 Å². The smallest absolute Gasteiger partial charge is 0.303 e. The Morgan fingerprint density at radius 3 is 1.81 bits per heavy atom. The highest BCUT2D eigenvalue weighted by molar-refractivity contribution is 5.54. The van der Waals surface area contributed by atoms with E-state index >= 15 is 0 Å². The molecule has 0 bridgehead atoms. The van der Waals surface area contributed by atoms with Crippen molar-refractivity contribution in [2.75, 3.05) is 0 Å². The first kappa shape index (κ1) is 15.2. The number of aldehydes is 1. The van der Waals surface area contributed by atoms with Gasteiger partial charge >= 0.3 is 6.18 Å². The lowest BCUT2D eigenvalue weighted by Crippen LogP contribution is -2.06. The highest BCUT2D eigenvalue weighted by atomic mass is 19.4. The maximum Gasteiger partial charge on any atom is 0.416 e. The fourth-order valence-corrected chi connectivity index (χ4v) is 2.16. The summed E-state index contributed by atoms with van der Waals surface area (Å²) in [4.78, 5) is 10.8. The molecule has 0 aromatic heterocycles. The van der Waals surface area contributed by atoms with Crippen molar-refractivity contribution in [1.82, 2.24) is 0 Å². The van der Waals surface area contributed by atoms with Crippen LogP contribution in [0.2, 0.25) is 0 Å². The molecule has 2 aromatic rings. The molecule has 0 N–H and O–H groups in total. The Hall–Kier alpha value is -2.17. The highest BCUT2D eigenvalue weighted by Crippen LogP contribution is 2.32. The van der Waals surface area contributed by atoms with Crippen molar-refractivity contribution >= 4 is 6.29 Å². The number of halogens is 4. The molecule has 0 radical (unpaired) electrons. The molecule has 5 heteroatoms. The second kappa shape index (κ2) is 6.08. The number of carbonyl (C=O) groups excluding carboxylic acids is 1. The van der Waals surface area contributed by atoms with Crippen LogP contribution in [0.5, 0.6) is 0 Å². The summed E-state index contributed by atoms with van der Waals surface area (Å²) >= 11 is 0. The Balaban J connectivity index is 2.34. The van der Waals surface area contributed by atoms with Gasteiger partial charge in [0.05, 0.1) is 5.56 Å². The maximum atomic E-state index is 12.9. The van der Waals surface area contributed by atoms with Crippen molar-refractivity contribution in [1.29, 1.82) is 0 Å². The summed E-state index contributed by atoms with van der Waals surface area (Å²) in [5.41, 5.74) is 0.528. The lowest BCUT2D eigenvalue weighted by atomic mass is 9.88. The van der Waals surface area contributed by atoms with Crippen LogP contribution in [0.4, 0.5) is 17.6 Å². The van der Waals surface area contributed by atoms with E-state index in [0.717, 1.165) is 12.1 Å². The van der Waals surface area contributed by atoms with Gasteiger partial charge in [-0.05, 0) is 35.4 Å². The van der Waals surface area contributed by atoms with Gasteiger partial charge in [0, 0.05) is 12.3 Å². The van der Waals surface area contributed by atoms with Gasteiger partial charge in [-0.25, -0.2) is 4.39 Å². The quantitative estimate of drug-likeness (QED) is 0.597. The van der Waals surface area contributed by atoms with E-state index in [0.29, 0.717) is 17.4 Å². The molecule has 2 aromatic carbocycles. The average Bonchev–Trinajstić information content (AvgIpc) is 2.45. The number of hydrogen-bond acceptors (Lipinski definition) is 1. The molecule has 0 aliphatic heterocycles. The number of carbonyl (C=O) groups is 1. The minimum Gasteiger partial charge on any atom is -0.303 e. The summed E-state index contributed by atoms with van der Waals surface area (Å²) in [7, 11) is 0. The standard InChI is InChI=1S/C16H12F4O/c17-14-7-3-12(4-8-14)15(9-10-21)11-1-5-13(6-2-11)16(18,19)20/h1-8,10,15H,9H2/t15-/m1/s1. The van der Waals surface area contributed by atoms with Crippen molar-refractivity contribution in [3.05, 3.63) is 71.0 Å². The average molecular weight is 296 g/mol. The summed E-state index contributed by atoms with van der Waals surface area (Å²) in [6.07, 6.45) is -3.57. The van der Waals surface area contributed by atoms with Gasteiger partial charge in [0.1, 0.15) is 12.1 Å². The largest absolute Gasteiger partial charge is 0.416 e. The molecule has 0 saturated carbocycles. The van der Waals surface area contributed by atoms with Crippen LogP contribution in [0.1, 0.15) is 29.0 Å². The molecule has 0 aliphatic carbocycles. The van der Waals surface area contributed by atoms with Gasteiger partial charge in [0.25, 0.3) is 0 Å². The van der Waals surface area contributed by atoms with Crippen molar-refractivity contribution in [2.24, 2.45) is 0 Å². The van der Waals surface area contributed by atoms with Gasteiger partial charge in [-0.3, -0.25) is 0 Å². The molecular weight excluding hydrogens is 284 g/mol. The van der Waals surface area contributed by atoms with Crippen LogP contribution < -0.4 is 0 Å². The summed E-state index contributed by atoms with van der Waals surface area (Å²) in [6.45, 7) is 0. The third kappa shape index (κ3) is 3.68. The molecule has 0 aliphatic rings. The summed E-state index contributed by atoms with van der Waals surface area (Å²) in [5.74, 6) is -0.790. The van der Waals surface area contributed by atoms with E-state index in [-0.39, 0.29) is 12.3 Å². The molecule has 0 unspecified atom stereocenters. The molecule has 110 valence electrons. The van der Waals surface area contributed by atoms with Crippen LogP contribution in [0.25, 0.3) is 0 Å². The Bertz CT molecular complexity index is 600. The highest BCUT2D eigenvalue weighted by Gasteiger charge is 2.30. The summed E-state index contributed by atoms with van der Waals surface area (Å²) < 4.78 is 50.5. The third-order valence-electron chi connectivity index (χ3n) is 3.24. The van der Waals surface area contributed by atoms with E-state index in [2.05, 4.69) is 0 Å². The lowest BCUT2D eigenvalue weighted by molar-refractivity contribution is -0.137. The van der Waals surface area contributed by atoms with Gasteiger partial charge in [-0.15, -0.1) is 0 Å². The van der Waals surface area contributed by atoms with Gasteiger partial charge in [-0.2, -0.15) is 13.2 Å². The van der Waals surface area contributed by atoms with Gasteiger partial charge in [-0.1, -0.05) is 24.3 Å². The van der Waals surface area contributed by atoms with Gasteiger partial charge in [0.2, 0.25) is 0 Å². The zero-order chi connectivity index (χ0) is 15.5. The van der Waals surface area contributed by atoms with Crippen LogP contribution in [-0.2, 0) is 11.0 Å². The minimum atomic E-state index is -4.39. The second-order valence-electron chi connectivity index (χ2n) is 4.63. The molecule has 21 heavy (non-hydrogen) atoms. The lowest BCUT2D eigenvalue weighted by Gasteiger charge is -2.16. The van der Waals surface area contributed by atoms with Gasteiger partial charge in [0.15, 0.2) is 0 Å². The maximum absolute atomic E-state index is 12.9. The molecule has 2 rings (SSSR count). The van der Waals surface area contributed by atoms with E-state index in [1.165, 1.54) is 36.4 Å². The normalized spacial score (nSPS) is 13.0. The van der Waals surface area contributed by atoms with Crippen molar-refractivity contribution in [3.63, 3.8) is 0 Å². The van der Waals surface area contributed by atoms with Crippen LogP contribution in [0, 0.1) is 5.82 Å². The third-order valence-corrected chi connectivity index (χ3v) is 3.24. The fourth-order valence-electron chi connectivity index (χ4n) is 2.16. The number of hydrogen-bond donors (Lipinski definition) is 0. The van der Waals surface area contributed by atoms with E-state index in [1.54, 1.807) is 0 Å². The molecule has 1 atom stereocenters. The molecule has 0 fully saturated rings. The Kier molecular flexibility index (Phi) is 4.40. The predicted octanol–water partition coefficient (Wildman–Crippen LogP) is 4.57. The Labute approximate surface area is 119 Å². The van der Waals surface area contributed by atoms with Crippen molar-refractivity contribution in [3.8, 4) is 0 Å².